The first kappa shape index (κ1) is 22.5. The van der Waals surface area contributed by atoms with Crippen molar-refractivity contribution in [3.8, 4) is 0 Å². The second-order valence-electron chi connectivity index (χ2n) is 1.29. The Balaban J connectivity index is -0.0000000379. The molecular weight excluding hydrogens is 303 g/mol. The van der Waals surface area contributed by atoms with Gasteiger partial charge in [0.05, 0.1) is 0 Å². The molecule has 62 valence electrons. The summed E-state index contributed by atoms with van der Waals surface area (Å²) in [5, 5.41) is 8.93. The van der Waals surface area contributed by atoms with Gasteiger partial charge in [0, 0.05) is 0 Å². The van der Waals surface area contributed by atoms with Crippen molar-refractivity contribution in [1.29, 1.82) is 0 Å². The zero-order chi connectivity index (χ0) is 6.24. The molecule has 0 saturated carbocycles. The maximum Gasteiger partial charge on any atom is 4.00 e. The molecule has 1 rings (SSSR count). The third kappa shape index (κ3) is 25.3. The third-order valence-electron chi connectivity index (χ3n) is 0.586. The Morgan fingerprint density at radius 2 is 1.91 bits per heavy atom. The first-order valence-corrected chi connectivity index (χ1v) is 2.71. The standard InChI is InChI=1S/C5H5.C2H5O.2CH3.Hf/c1-2-4-5-3-1;1-2-3;;;/h1-3H,4H2;2H2,1H3;2*1H3;/q4*-1;+4. The van der Waals surface area contributed by atoms with E-state index in [4.69, 9.17) is 5.11 Å². The maximum absolute atomic E-state index is 8.93. The molecule has 0 saturated heterocycles. The van der Waals surface area contributed by atoms with E-state index in [9.17, 15) is 0 Å². The molecule has 0 unspecified atom stereocenters. The third-order valence-corrected chi connectivity index (χ3v) is 0.586. The van der Waals surface area contributed by atoms with Crippen LogP contribution in [0, 0.1) is 20.9 Å². The molecule has 2 heteroatoms. The molecule has 0 aromatic rings. The summed E-state index contributed by atoms with van der Waals surface area (Å²) in [6.45, 7) is 1.57. The van der Waals surface area contributed by atoms with E-state index in [1.165, 1.54) is 0 Å². The summed E-state index contributed by atoms with van der Waals surface area (Å²) < 4.78 is 0. The Morgan fingerprint density at radius 1 is 1.45 bits per heavy atom. The van der Waals surface area contributed by atoms with Crippen molar-refractivity contribution in [3.05, 3.63) is 39.2 Å². The molecule has 0 bridgehead atoms. The Kier molecular flexibility index (Phi) is 45.9. The first-order valence-electron chi connectivity index (χ1n) is 2.71. The minimum absolute atomic E-state index is 0. The SMILES string of the molecule is CC[O-].[C-]1=CC=CC1.[CH3-].[CH3-].[Hf+4]. The molecule has 1 aliphatic carbocycles. The molecule has 0 fully saturated rings. The van der Waals surface area contributed by atoms with Crippen molar-refractivity contribution in [1.82, 2.24) is 0 Å². The topological polar surface area (TPSA) is 23.1 Å². The molecule has 0 atom stereocenters. The van der Waals surface area contributed by atoms with Crippen molar-refractivity contribution in [2.45, 2.75) is 13.3 Å². The van der Waals surface area contributed by atoms with Crippen molar-refractivity contribution in [3.63, 3.8) is 0 Å². The monoisotopic (exact) mass is 320 g/mol. The van der Waals surface area contributed by atoms with E-state index in [-0.39, 0.29) is 47.3 Å². The summed E-state index contributed by atoms with van der Waals surface area (Å²) in [7, 11) is 0. The van der Waals surface area contributed by atoms with Crippen LogP contribution in [0.1, 0.15) is 13.3 Å². The van der Waals surface area contributed by atoms with Gasteiger partial charge in [-0.2, -0.15) is 6.08 Å². The van der Waals surface area contributed by atoms with E-state index < -0.39 is 0 Å². The van der Waals surface area contributed by atoms with E-state index in [1.54, 1.807) is 6.92 Å². The molecule has 0 N–H and O–H groups in total. The molecular formula is C9H16HfO. The Hall–Kier alpha value is 0.310. The van der Waals surface area contributed by atoms with Crippen LogP contribution in [0.25, 0.3) is 0 Å². The average molecular weight is 319 g/mol. The Labute approximate surface area is 90.0 Å². The summed E-state index contributed by atoms with van der Waals surface area (Å²) >= 11 is 0. The summed E-state index contributed by atoms with van der Waals surface area (Å²) in [5.74, 6) is 0. The van der Waals surface area contributed by atoms with Gasteiger partial charge in [-0.05, 0) is 0 Å². The quantitative estimate of drug-likeness (QED) is 0.491. The van der Waals surface area contributed by atoms with Crippen LogP contribution >= 0.6 is 0 Å². The van der Waals surface area contributed by atoms with Gasteiger partial charge in [-0.25, -0.2) is 12.2 Å². The number of rotatable bonds is 0. The molecule has 0 radical (unpaired) electrons. The van der Waals surface area contributed by atoms with E-state index in [0.29, 0.717) is 0 Å². The normalized spacial score (nSPS) is 9.64. The van der Waals surface area contributed by atoms with Gasteiger partial charge >= 0.3 is 25.8 Å². The van der Waals surface area contributed by atoms with Crippen LogP contribution in [-0.2, 0) is 25.8 Å². The zero-order valence-electron chi connectivity index (χ0n) is 7.55. The molecule has 1 aliphatic rings. The van der Waals surface area contributed by atoms with Gasteiger partial charge in [-0.3, -0.25) is 6.08 Å². The van der Waals surface area contributed by atoms with Gasteiger partial charge < -0.3 is 20.0 Å². The first-order chi connectivity index (χ1) is 3.91. The number of hydrogen-bond acceptors (Lipinski definition) is 1. The number of hydrogen-bond donors (Lipinski definition) is 0. The van der Waals surface area contributed by atoms with Gasteiger partial charge in [0.15, 0.2) is 0 Å². The van der Waals surface area contributed by atoms with Crippen LogP contribution in [-0.4, -0.2) is 6.61 Å². The Bertz CT molecular complexity index is 77.6. The molecule has 0 amide bonds. The average Bonchev–Trinajstić information content (AvgIpc) is 2.17. The van der Waals surface area contributed by atoms with Crippen LogP contribution in [0.15, 0.2) is 18.2 Å². The van der Waals surface area contributed by atoms with Crippen LogP contribution in [0.5, 0.6) is 0 Å². The van der Waals surface area contributed by atoms with Crippen molar-refractivity contribution in [2.24, 2.45) is 0 Å². The van der Waals surface area contributed by atoms with Crippen molar-refractivity contribution < 1.29 is 30.9 Å². The largest absolute Gasteiger partial charge is 4.00 e. The minimum Gasteiger partial charge on any atom is -0.855 e. The van der Waals surface area contributed by atoms with Crippen molar-refractivity contribution in [2.75, 3.05) is 6.61 Å². The molecule has 0 aromatic carbocycles. The van der Waals surface area contributed by atoms with E-state index in [1.807, 2.05) is 12.2 Å². The summed E-state index contributed by atoms with van der Waals surface area (Å²) in [5.41, 5.74) is 0. The second-order valence-corrected chi connectivity index (χ2v) is 1.29. The molecule has 11 heavy (non-hydrogen) atoms. The summed E-state index contributed by atoms with van der Waals surface area (Å²) in [6, 6.07) is 0. The van der Waals surface area contributed by atoms with Crippen molar-refractivity contribution >= 4 is 0 Å². The van der Waals surface area contributed by atoms with Gasteiger partial charge in [-0.15, -0.1) is 13.0 Å². The summed E-state index contributed by atoms with van der Waals surface area (Å²) in [4.78, 5) is 0. The molecule has 0 aromatic heterocycles. The van der Waals surface area contributed by atoms with Crippen LogP contribution in [0.4, 0.5) is 0 Å². The van der Waals surface area contributed by atoms with E-state index in [2.05, 4.69) is 12.2 Å². The fraction of sp³-hybridized carbons (Fsp3) is 0.333. The maximum atomic E-state index is 8.93. The summed E-state index contributed by atoms with van der Waals surface area (Å²) in [6.07, 6.45) is 10.0. The van der Waals surface area contributed by atoms with Gasteiger partial charge in [0.2, 0.25) is 0 Å². The van der Waals surface area contributed by atoms with E-state index >= 15 is 0 Å². The van der Waals surface area contributed by atoms with E-state index in [0.717, 1.165) is 6.42 Å². The fourth-order valence-corrected chi connectivity index (χ4v) is 0.340. The van der Waals surface area contributed by atoms with Gasteiger partial charge in [0.1, 0.15) is 0 Å². The smallest absolute Gasteiger partial charge is 0.855 e. The fourth-order valence-electron chi connectivity index (χ4n) is 0.340. The molecule has 1 nitrogen and oxygen atoms in total. The Morgan fingerprint density at radius 3 is 2.00 bits per heavy atom. The van der Waals surface area contributed by atoms with Crippen LogP contribution in [0.2, 0.25) is 0 Å². The van der Waals surface area contributed by atoms with Crippen LogP contribution < -0.4 is 5.11 Å². The minimum atomic E-state index is 0. The second kappa shape index (κ2) is 22.4. The molecule has 0 heterocycles. The zero-order valence-corrected chi connectivity index (χ0v) is 11.1. The number of allylic oxidation sites excluding steroid dienone is 4. The van der Waals surface area contributed by atoms with Gasteiger partial charge in [0.25, 0.3) is 0 Å². The predicted octanol–water partition coefficient (Wildman–Crippen LogP) is 1.57. The predicted molar refractivity (Wildman–Crippen MR) is 44.9 cm³/mol. The molecule has 0 spiro atoms. The van der Waals surface area contributed by atoms with Crippen LogP contribution in [0.3, 0.4) is 0 Å². The van der Waals surface area contributed by atoms with Gasteiger partial charge in [-0.1, -0.05) is 6.92 Å². The molecule has 0 aliphatic heterocycles.